The van der Waals surface area contributed by atoms with Crippen LogP contribution in [-0.4, -0.2) is 50.1 Å². The smallest absolute Gasteiger partial charge is 0.322 e. The summed E-state index contributed by atoms with van der Waals surface area (Å²) in [6, 6.07) is 2.27. The summed E-state index contributed by atoms with van der Waals surface area (Å²) < 4.78 is 31.8. The summed E-state index contributed by atoms with van der Waals surface area (Å²) in [5.74, 6) is -1.33. The van der Waals surface area contributed by atoms with Crippen LogP contribution in [0.1, 0.15) is 24.6 Å². The topological polar surface area (TPSA) is 83.9 Å². The van der Waals surface area contributed by atoms with Gasteiger partial charge in [-0.05, 0) is 37.3 Å². The number of ether oxygens (including phenoxy) is 1. The van der Waals surface area contributed by atoms with E-state index >= 15 is 0 Å². The molecule has 1 aliphatic rings. The van der Waals surface area contributed by atoms with Crippen molar-refractivity contribution in [3.05, 3.63) is 17.0 Å². The number of aryl methyl sites for hydroxylation is 1. The number of likely N-dealkylation sites (N-methyl/N-ethyl adjacent to an activating group) is 1. The molecule has 2 heterocycles. The maximum atomic E-state index is 12.7. The molecule has 1 aromatic heterocycles. The fourth-order valence-electron chi connectivity index (χ4n) is 2.66. The molecule has 124 valence electrons. The normalized spacial score (nSPS) is 18.5. The van der Waals surface area contributed by atoms with E-state index in [1.807, 2.05) is 6.92 Å². The van der Waals surface area contributed by atoms with Gasteiger partial charge >= 0.3 is 5.97 Å². The fourth-order valence-corrected chi connectivity index (χ4v) is 5.52. The number of carboxylic acids is 1. The zero-order chi connectivity index (χ0) is 16.3. The molecule has 22 heavy (non-hydrogen) atoms. The van der Waals surface area contributed by atoms with Crippen molar-refractivity contribution in [3.63, 3.8) is 0 Å². The van der Waals surface area contributed by atoms with Crippen LogP contribution in [0.15, 0.2) is 16.3 Å². The molecule has 6 nitrogen and oxygen atoms in total. The van der Waals surface area contributed by atoms with Gasteiger partial charge in [0.25, 0.3) is 10.0 Å². The molecule has 8 heteroatoms. The first-order chi connectivity index (χ1) is 10.4. The van der Waals surface area contributed by atoms with E-state index in [9.17, 15) is 18.3 Å². The molecular formula is C14H21NO5S2. The van der Waals surface area contributed by atoms with E-state index in [1.54, 1.807) is 12.1 Å². The number of hydrogen-bond acceptors (Lipinski definition) is 5. The van der Waals surface area contributed by atoms with Gasteiger partial charge in [-0.25, -0.2) is 8.42 Å². The van der Waals surface area contributed by atoms with Gasteiger partial charge in [-0.3, -0.25) is 4.79 Å². The number of nitrogens with zero attached hydrogens (tertiary/aromatic N) is 1. The van der Waals surface area contributed by atoms with Gasteiger partial charge in [-0.1, -0.05) is 6.92 Å². The van der Waals surface area contributed by atoms with E-state index in [0.717, 1.165) is 15.6 Å². The summed E-state index contributed by atoms with van der Waals surface area (Å²) in [4.78, 5) is 12.6. The Bertz CT molecular complexity index is 619. The maximum absolute atomic E-state index is 12.7. The summed E-state index contributed by atoms with van der Waals surface area (Å²) in [5, 5.41) is 9.51. The molecule has 0 bridgehead atoms. The molecule has 1 saturated heterocycles. The molecule has 1 unspecified atom stereocenters. The lowest BCUT2D eigenvalue weighted by Crippen LogP contribution is -2.48. The third-order valence-corrected chi connectivity index (χ3v) is 7.51. The predicted octanol–water partition coefficient (Wildman–Crippen LogP) is 1.81. The van der Waals surface area contributed by atoms with Gasteiger partial charge in [0.2, 0.25) is 0 Å². The average molecular weight is 347 g/mol. The van der Waals surface area contributed by atoms with Gasteiger partial charge in [0.1, 0.15) is 10.3 Å². The Balaban J connectivity index is 2.28. The second kappa shape index (κ2) is 7.08. The highest BCUT2D eigenvalue weighted by Crippen LogP contribution is 2.30. The summed E-state index contributed by atoms with van der Waals surface area (Å²) in [6.07, 6.45) is 1.87. The second-order valence-electron chi connectivity index (χ2n) is 5.33. The van der Waals surface area contributed by atoms with Gasteiger partial charge in [-0.2, -0.15) is 4.31 Å². The molecule has 2 rings (SSSR count). The molecule has 1 fully saturated rings. The molecule has 0 aliphatic carbocycles. The van der Waals surface area contributed by atoms with E-state index < -0.39 is 22.0 Å². The summed E-state index contributed by atoms with van der Waals surface area (Å²) in [5.41, 5.74) is 0. The largest absolute Gasteiger partial charge is 0.480 e. The first-order valence-electron chi connectivity index (χ1n) is 7.25. The number of carbonyl (C=O) groups is 1. The van der Waals surface area contributed by atoms with E-state index in [-0.39, 0.29) is 10.1 Å². The number of rotatable bonds is 6. The van der Waals surface area contributed by atoms with Crippen LogP contribution < -0.4 is 0 Å². The Labute approximate surface area is 134 Å². The lowest BCUT2D eigenvalue weighted by Gasteiger charge is -2.32. The van der Waals surface area contributed by atoms with Gasteiger partial charge < -0.3 is 9.84 Å². The maximum Gasteiger partial charge on any atom is 0.322 e. The Morgan fingerprint density at radius 3 is 2.59 bits per heavy atom. The number of thiophene rings is 1. The van der Waals surface area contributed by atoms with Crippen LogP contribution in [0.5, 0.6) is 0 Å². The monoisotopic (exact) mass is 347 g/mol. The third-order valence-electron chi connectivity index (χ3n) is 3.98. The highest BCUT2D eigenvalue weighted by Gasteiger charge is 2.39. The minimum absolute atomic E-state index is 0.199. The molecule has 0 spiro atoms. The third kappa shape index (κ3) is 3.51. The zero-order valence-corrected chi connectivity index (χ0v) is 14.3. The van der Waals surface area contributed by atoms with Gasteiger partial charge in [0.05, 0.1) is 0 Å². The van der Waals surface area contributed by atoms with E-state index in [0.29, 0.717) is 26.1 Å². The van der Waals surface area contributed by atoms with Crippen molar-refractivity contribution in [2.75, 3.05) is 20.3 Å². The van der Waals surface area contributed by atoms with Crippen LogP contribution in [0.25, 0.3) is 0 Å². The minimum atomic E-state index is -3.79. The SMILES string of the molecule is CCc1ccc(S(=O)(=O)N(C)C(C(=O)O)C2CCOCC2)s1. The van der Waals surface area contributed by atoms with Crippen LogP contribution in [0, 0.1) is 5.92 Å². The van der Waals surface area contributed by atoms with Crippen molar-refractivity contribution in [2.45, 2.75) is 36.4 Å². The van der Waals surface area contributed by atoms with E-state index in [2.05, 4.69) is 0 Å². The molecule has 1 N–H and O–H groups in total. The number of carboxylic acid groups (broad SMARTS) is 1. The number of hydrogen-bond donors (Lipinski definition) is 1. The van der Waals surface area contributed by atoms with Crippen LogP contribution in [0.3, 0.4) is 0 Å². The van der Waals surface area contributed by atoms with Crippen molar-refractivity contribution in [1.82, 2.24) is 4.31 Å². The number of sulfonamides is 1. The van der Waals surface area contributed by atoms with Crippen molar-refractivity contribution >= 4 is 27.3 Å². The first kappa shape index (κ1) is 17.4. The molecule has 0 amide bonds. The zero-order valence-electron chi connectivity index (χ0n) is 12.7. The molecule has 0 aromatic carbocycles. The lowest BCUT2D eigenvalue weighted by molar-refractivity contribution is -0.144. The Morgan fingerprint density at radius 1 is 1.45 bits per heavy atom. The van der Waals surface area contributed by atoms with Crippen LogP contribution in [0.2, 0.25) is 0 Å². The number of aliphatic carboxylic acids is 1. The fraction of sp³-hybridized carbons (Fsp3) is 0.643. The molecule has 0 radical (unpaired) electrons. The standard InChI is InChI=1S/C14H21NO5S2/c1-3-11-4-5-12(21-11)22(18,19)15(2)13(14(16)17)10-6-8-20-9-7-10/h4-5,10,13H,3,6-9H2,1-2H3,(H,16,17). The Morgan fingerprint density at radius 2 is 2.09 bits per heavy atom. The molecule has 0 saturated carbocycles. The quantitative estimate of drug-likeness (QED) is 0.848. The lowest BCUT2D eigenvalue weighted by atomic mass is 9.92. The van der Waals surface area contributed by atoms with Crippen molar-refractivity contribution in [1.29, 1.82) is 0 Å². The molecule has 1 aromatic rings. The summed E-state index contributed by atoms with van der Waals surface area (Å²) in [6.45, 7) is 2.90. The Hall–Kier alpha value is -0.960. The Kier molecular flexibility index (Phi) is 5.60. The summed E-state index contributed by atoms with van der Waals surface area (Å²) >= 11 is 1.20. The van der Waals surface area contributed by atoms with Gasteiger partial charge in [-0.15, -0.1) is 11.3 Å². The van der Waals surface area contributed by atoms with E-state index in [4.69, 9.17) is 4.74 Å². The molecular weight excluding hydrogens is 326 g/mol. The van der Waals surface area contributed by atoms with Crippen molar-refractivity contribution in [2.24, 2.45) is 5.92 Å². The van der Waals surface area contributed by atoms with Crippen LogP contribution >= 0.6 is 11.3 Å². The predicted molar refractivity (Wildman–Crippen MR) is 83.6 cm³/mol. The van der Waals surface area contributed by atoms with Crippen LogP contribution in [-0.2, 0) is 26.0 Å². The minimum Gasteiger partial charge on any atom is -0.480 e. The molecule has 1 aliphatic heterocycles. The highest BCUT2D eigenvalue weighted by atomic mass is 32.2. The van der Waals surface area contributed by atoms with E-state index in [1.165, 1.54) is 18.4 Å². The van der Waals surface area contributed by atoms with Crippen LogP contribution in [0.4, 0.5) is 0 Å². The van der Waals surface area contributed by atoms with Crippen molar-refractivity contribution < 1.29 is 23.1 Å². The second-order valence-corrected chi connectivity index (χ2v) is 8.72. The van der Waals surface area contributed by atoms with Gasteiger partial charge in [0, 0.05) is 25.1 Å². The molecule has 1 atom stereocenters. The first-order valence-corrected chi connectivity index (χ1v) is 9.51. The van der Waals surface area contributed by atoms with Crippen molar-refractivity contribution in [3.8, 4) is 0 Å². The average Bonchev–Trinajstić information content (AvgIpc) is 2.97. The van der Waals surface area contributed by atoms with Gasteiger partial charge in [0.15, 0.2) is 0 Å². The highest BCUT2D eigenvalue weighted by molar-refractivity contribution is 7.91. The summed E-state index contributed by atoms with van der Waals surface area (Å²) in [7, 11) is -2.44.